The van der Waals surface area contributed by atoms with Crippen molar-refractivity contribution in [3.8, 4) is 0 Å². The largest absolute Gasteiger partial charge is 0.476 e. The molecule has 0 aromatic carbocycles. The Morgan fingerprint density at radius 3 is 2.72 bits per heavy atom. The fraction of sp³-hybridized carbons (Fsp3) is 0.273. The zero-order valence-corrected chi connectivity index (χ0v) is 10.7. The number of fused-ring (bicyclic) bond motifs is 1. The fourth-order valence-corrected chi connectivity index (χ4v) is 2.53. The van der Waals surface area contributed by atoms with Crippen LogP contribution in [0.2, 0.25) is 0 Å². The van der Waals surface area contributed by atoms with Gasteiger partial charge in [0.15, 0.2) is 15.5 Å². The third-order valence-corrected chi connectivity index (χ3v) is 3.32. The number of rotatable bonds is 3. The van der Waals surface area contributed by atoms with E-state index in [0.717, 1.165) is 11.8 Å². The van der Waals surface area contributed by atoms with Gasteiger partial charge >= 0.3 is 5.97 Å². The number of imidazole rings is 1. The van der Waals surface area contributed by atoms with Gasteiger partial charge in [-0.25, -0.2) is 18.2 Å². The van der Waals surface area contributed by atoms with Gasteiger partial charge in [-0.3, -0.25) is 0 Å². The standard InChI is InChI=1S/C11H12N2O4S/c1-7-4-3-5-13-8(6-18(2,16)17)12-9(10(7)13)11(14)15/h3-5H,6H2,1-2H3,(H,14,15). The monoisotopic (exact) mass is 268 g/mol. The van der Waals surface area contributed by atoms with Crippen molar-refractivity contribution in [2.45, 2.75) is 12.7 Å². The molecule has 0 aliphatic rings. The predicted molar refractivity (Wildman–Crippen MR) is 65.4 cm³/mol. The average molecular weight is 268 g/mol. The van der Waals surface area contributed by atoms with E-state index in [1.807, 2.05) is 0 Å². The van der Waals surface area contributed by atoms with Crippen LogP contribution >= 0.6 is 0 Å². The van der Waals surface area contributed by atoms with Gasteiger partial charge in [-0.05, 0) is 18.6 Å². The molecule has 2 aromatic heterocycles. The van der Waals surface area contributed by atoms with E-state index in [2.05, 4.69) is 4.98 Å². The number of hydrogen-bond donors (Lipinski definition) is 1. The Bertz CT molecular complexity index is 731. The van der Waals surface area contributed by atoms with Gasteiger partial charge in [-0.2, -0.15) is 0 Å². The number of carboxylic acids is 1. The first kappa shape index (κ1) is 12.6. The maximum Gasteiger partial charge on any atom is 0.356 e. The zero-order valence-electron chi connectivity index (χ0n) is 9.91. The van der Waals surface area contributed by atoms with Gasteiger partial charge in [0.2, 0.25) is 0 Å². The number of carboxylic acid groups (broad SMARTS) is 1. The molecule has 0 atom stereocenters. The summed E-state index contributed by atoms with van der Waals surface area (Å²) in [7, 11) is -3.27. The summed E-state index contributed by atoms with van der Waals surface area (Å²) in [4.78, 5) is 15.0. The summed E-state index contributed by atoms with van der Waals surface area (Å²) in [6.45, 7) is 1.76. The maximum absolute atomic E-state index is 11.3. The van der Waals surface area contributed by atoms with E-state index in [9.17, 15) is 13.2 Å². The Hall–Kier alpha value is -1.89. The minimum Gasteiger partial charge on any atom is -0.476 e. The maximum atomic E-state index is 11.3. The van der Waals surface area contributed by atoms with Gasteiger partial charge in [0.05, 0.1) is 5.52 Å². The van der Waals surface area contributed by atoms with E-state index < -0.39 is 15.8 Å². The molecule has 0 aliphatic heterocycles. The first-order valence-electron chi connectivity index (χ1n) is 5.17. The number of hydrogen-bond acceptors (Lipinski definition) is 4. The lowest BCUT2D eigenvalue weighted by Crippen LogP contribution is -2.05. The van der Waals surface area contributed by atoms with Crippen molar-refractivity contribution < 1.29 is 18.3 Å². The van der Waals surface area contributed by atoms with Crippen molar-refractivity contribution >= 4 is 21.3 Å². The highest BCUT2D eigenvalue weighted by Crippen LogP contribution is 2.18. The lowest BCUT2D eigenvalue weighted by Gasteiger charge is -2.01. The normalized spacial score (nSPS) is 11.9. The van der Waals surface area contributed by atoms with E-state index in [4.69, 9.17) is 5.11 Å². The summed E-state index contributed by atoms with van der Waals surface area (Å²) in [5.41, 5.74) is 1.05. The summed E-state index contributed by atoms with van der Waals surface area (Å²) in [6, 6.07) is 3.48. The third kappa shape index (κ3) is 2.21. The van der Waals surface area contributed by atoms with Crippen molar-refractivity contribution in [1.29, 1.82) is 0 Å². The second kappa shape index (κ2) is 4.09. The molecule has 18 heavy (non-hydrogen) atoms. The Morgan fingerprint density at radius 2 is 2.17 bits per heavy atom. The van der Waals surface area contributed by atoms with Crippen molar-refractivity contribution in [3.63, 3.8) is 0 Å². The highest BCUT2D eigenvalue weighted by molar-refractivity contribution is 7.89. The van der Waals surface area contributed by atoms with Crippen LogP contribution < -0.4 is 0 Å². The highest BCUT2D eigenvalue weighted by atomic mass is 32.2. The molecule has 0 fully saturated rings. The minimum absolute atomic E-state index is 0.119. The molecule has 0 spiro atoms. The Labute approximate surface area is 104 Å². The van der Waals surface area contributed by atoms with Crippen LogP contribution in [-0.4, -0.2) is 35.1 Å². The third-order valence-electron chi connectivity index (χ3n) is 2.53. The molecule has 7 heteroatoms. The molecule has 2 aromatic rings. The van der Waals surface area contributed by atoms with E-state index in [-0.39, 0.29) is 17.3 Å². The van der Waals surface area contributed by atoms with E-state index in [0.29, 0.717) is 5.52 Å². The Balaban J connectivity index is 2.77. The van der Waals surface area contributed by atoms with Gasteiger partial charge < -0.3 is 9.51 Å². The predicted octanol–water partition coefficient (Wildman–Crippen LogP) is 0.886. The number of aryl methyl sites for hydroxylation is 1. The molecule has 0 bridgehead atoms. The molecular weight excluding hydrogens is 256 g/mol. The van der Waals surface area contributed by atoms with Gasteiger partial charge in [0, 0.05) is 12.5 Å². The Kier molecular flexibility index (Phi) is 2.86. The number of carbonyl (C=O) groups is 1. The highest BCUT2D eigenvalue weighted by Gasteiger charge is 2.20. The van der Waals surface area contributed by atoms with Crippen LogP contribution in [0.25, 0.3) is 5.52 Å². The second-order valence-electron chi connectivity index (χ2n) is 4.16. The molecule has 1 N–H and O–H groups in total. The van der Waals surface area contributed by atoms with Gasteiger partial charge in [0.25, 0.3) is 0 Å². The second-order valence-corrected chi connectivity index (χ2v) is 6.30. The van der Waals surface area contributed by atoms with Crippen molar-refractivity contribution in [2.75, 3.05) is 6.26 Å². The molecule has 0 amide bonds. The number of pyridine rings is 1. The lowest BCUT2D eigenvalue weighted by molar-refractivity contribution is 0.0693. The molecule has 0 radical (unpaired) electrons. The Morgan fingerprint density at radius 1 is 1.50 bits per heavy atom. The van der Waals surface area contributed by atoms with E-state index in [1.54, 1.807) is 25.3 Å². The average Bonchev–Trinajstić information content (AvgIpc) is 2.56. The van der Waals surface area contributed by atoms with Gasteiger partial charge in [0.1, 0.15) is 11.6 Å². The van der Waals surface area contributed by atoms with Crippen LogP contribution in [-0.2, 0) is 15.6 Å². The van der Waals surface area contributed by atoms with Crippen LogP contribution in [0.1, 0.15) is 21.9 Å². The number of aromatic nitrogens is 2. The fourth-order valence-electron chi connectivity index (χ4n) is 1.85. The van der Waals surface area contributed by atoms with Crippen LogP contribution in [0.15, 0.2) is 18.3 Å². The molecule has 2 heterocycles. The molecule has 2 rings (SSSR count). The van der Waals surface area contributed by atoms with Gasteiger partial charge in [-0.15, -0.1) is 0 Å². The SMILES string of the molecule is Cc1cccn2c(CS(C)(=O)=O)nc(C(=O)O)c12. The smallest absolute Gasteiger partial charge is 0.356 e. The number of aromatic carboxylic acids is 1. The number of sulfone groups is 1. The van der Waals surface area contributed by atoms with Crippen LogP contribution in [0.5, 0.6) is 0 Å². The molecule has 0 unspecified atom stereocenters. The van der Waals surface area contributed by atoms with E-state index in [1.165, 1.54) is 4.40 Å². The molecule has 6 nitrogen and oxygen atoms in total. The van der Waals surface area contributed by atoms with Crippen molar-refractivity contribution in [2.24, 2.45) is 0 Å². The molecule has 96 valence electrons. The van der Waals surface area contributed by atoms with Crippen LogP contribution in [0.3, 0.4) is 0 Å². The van der Waals surface area contributed by atoms with Gasteiger partial charge in [-0.1, -0.05) is 6.07 Å². The van der Waals surface area contributed by atoms with Crippen LogP contribution in [0.4, 0.5) is 0 Å². The topological polar surface area (TPSA) is 88.7 Å². The summed E-state index contributed by atoms with van der Waals surface area (Å²) in [6.07, 6.45) is 2.70. The van der Waals surface area contributed by atoms with Crippen molar-refractivity contribution in [1.82, 2.24) is 9.38 Å². The van der Waals surface area contributed by atoms with E-state index >= 15 is 0 Å². The minimum atomic E-state index is -3.27. The quantitative estimate of drug-likeness (QED) is 0.892. The van der Waals surface area contributed by atoms with Crippen molar-refractivity contribution in [3.05, 3.63) is 35.4 Å². The lowest BCUT2D eigenvalue weighted by atomic mass is 10.2. The summed E-state index contributed by atoms with van der Waals surface area (Å²) in [5.74, 6) is -1.24. The summed E-state index contributed by atoms with van der Waals surface area (Å²) >= 11 is 0. The molecule has 0 saturated heterocycles. The number of nitrogens with zero attached hydrogens (tertiary/aromatic N) is 2. The molecular formula is C11H12N2O4S. The summed E-state index contributed by atoms with van der Waals surface area (Å²) < 4.78 is 24.1. The first-order valence-corrected chi connectivity index (χ1v) is 7.23. The van der Waals surface area contributed by atoms with Crippen LogP contribution in [0, 0.1) is 6.92 Å². The molecule has 0 aliphatic carbocycles. The first-order chi connectivity index (χ1) is 8.29. The summed E-state index contributed by atoms with van der Waals surface area (Å²) in [5, 5.41) is 9.09. The zero-order chi connectivity index (χ0) is 13.5. The molecule has 0 saturated carbocycles.